The minimum atomic E-state index is -0.106. The van der Waals surface area contributed by atoms with Crippen molar-refractivity contribution in [1.82, 2.24) is 9.88 Å². The Morgan fingerprint density at radius 1 is 1.22 bits per heavy atom. The number of benzene rings is 1. The van der Waals surface area contributed by atoms with Gasteiger partial charge in [-0.05, 0) is 55.3 Å². The summed E-state index contributed by atoms with van der Waals surface area (Å²) in [6, 6.07) is 7.53. The Hall–Kier alpha value is -2.53. The van der Waals surface area contributed by atoms with Crippen molar-refractivity contribution in [3.63, 3.8) is 0 Å². The lowest BCUT2D eigenvalue weighted by Gasteiger charge is -2.15. The number of carbonyl (C=O) groups excluding carboxylic acids is 1. The van der Waals surface area contributed by atoms with E-state index in [0.717, 1.165) is 30.8 Å². The SMILES string of the molecule is N=C(C=O)c1cc(-c2cncc(CN3CCCC3)c2)ccc1N. The maximum Gasteiger partial charge on any atom is 0.168 e. The molecular formula is C18H20N4O. The molecule has 0 spiro atoms. The van der Waals surface area contributed by atoms with E-state index in [0.29, 0.717) is 17.5 Å². The molecule has 1 fully saturated rings. The first-order valence-corrected chi connectivity index (χ1v) is 7.77. The van der Waals surface area contributed by atoms with Crippen molar-refractivity contribution in [1.29, 1.82) is 5.41 Å². The van der Waals surface area contributed by atoms with Gasteiger partial charge in [-0.2, -0.15) is 0 Å². The van der Waals surface area contributed by atoms with Crippen LogP contribution >= 0.6 is 0 Å². The monoisotopic (exact) mass is 308 g/mol. The van der Waals surface area contributed by atoms with E-state index in [1.807, 2.05) is 12.3 Å². The van der Waals surface area contributed by atoms with Gasteiger partial charge in [-0.15, -0.1) is 0 Å². The number of carbonyl (C=O) groups is 1. The third kappa shape index (κ3) is 3.46. The Balaban J connectivity index is 1.89. The van der Waals surface area contributed by atoms with Crippen LogP contribution in [0.3, 0.4) is 0 Å². The van der Waals surface area contributed by atoms with Crippen LogP contribution in [-0.2, 0) is 11.3 Å². The second-order valence-electron chi connectivity index (χ2n) is 5.90. The first-order valence-electron chi connectivity index (χ1n) is 7.77. The third-order valence-corrected chi connectivity index (χ3v) is 4.19. The van der Waals surface area contributed by atoms with Crippen molar-refractivity contribution >= 4 is 17.7 Å². The summed E-state index contributed by atoms with van der Waals surface area (Å²) in [6.07, 6.45) is 6.74. The summed E-state index contributed by atoms with van der Waals surface area (Å²) in [5.41, 5.74) is 9.71. The lowest BCUT2D eigenvalue weighted by atomic mass is 10.00. The highest BCUT2D eigenvalue weighted by atomic mass is 16.1. The second kappa shape index (κ2) is 6.71. The maximum absolute atomic E-state index is 10.9. The fraction of sp³-hybridized carbons (Fsp3) is 0.278. The van der Waals surface area contributed by atoms with Crippen LogP contribution in [0.2, 0.25) is 0 Å². The summed E-state index contributed by atoms with van der Waals surface area (Å²) >= 11 is 0. The number of rotatable bonds is 5. The molecule has 23 heavy (non-hydrogen) atoms. The molecular weight excluding hydrogens is 288 g/mol. The van der Waals surface area contributed by atoms with E-state index in [1.54, 1.807) is 18.3 Å². The molecule has 3 rings (SSSR count). The summed E-state index contributed by atoms with van der Waals surface area (Å²) in [5.74, 6) is 0. The summed E-state index contributed by atoms with van der Waals surface area (Å²) in [7, 11) is 0. The van der Waals surface area contributed by atoms with Crippen molar-refractivity contribution in [2.75, 3.05) is 18.8 Å². The highest BCUT2D eigenvalue weighted by molar-refractivity contribution is 6.36. The van der Waals surface area contributed by atoms with E-state index in [2.05, 4.69) is 16.0 Å². The van der Waals surface area contributed by atoms with Crippen LogP contribution in [0.1, 0.15) is 24.0 Å². The van der Waals surface area contributed by atoms with E-state index in [1.165, 1.54) is 18.4 Å². The van der Waals surface area contributed by atoms with E-state index in [4.69, 9.17) is 11.1 Å². The zero-order valence-corrected chi connectivity index (χ0v) is 13.0. The predicted molar refractivity (Wildman–Crippen MR) is 91.5 cm³/mol. The van der Waals surface area contributed by atoms with Crippen molar-refractivity contribution in [3.05, 3.63) is 47.8 Å². The number of anilines is 1. The van der Waals surface area contributed by atoms with Crippen LogP contribution in [0, 0.1) is 5.41 Å². The molecule has 2 aromatic rings. The van der Waals surface area contributed by atoms with Crippen molar-refractivity contribution in [2.24, 2.45) is 0 Å². The Morgan fingerprint density at radius 3 is 2.74 bits per heavy atom. The average molecular weight is 308 g/mol. The molecule has 1 saturated heterocycles. The minimum absolute atomic E-state index is 0.106. The van der Waals surface area contributed by atoms with Gasteiger partial charge >= 0.3 is 0 Å². The molecule has 1 aromatic carbocycles. The first kappa shape index (κ1) is 15.4. The number of aromatic nitrogens is 1. The van der Waals surface area contributed by atoms with Gasteiger partial charge in [0.2, 0.25) is 0 Å². The van der Waals surface area contributed by atoms with Crippen molar-refractivity contribution in [3.8, 4) is 11.1 Å². The number of nitrogens with one attached hydrogen (secondary N) is 1. The van der Waals surface area contributed by atoms with Crippen LogP contribution in [0.25, 0.3) is 11.1 Å². The molecule has 1 aliphatic heterocycles. The molecule has 1 aromatic heterocycles. The Labute approximate surface area is 135 Å². The molecule has 0 bridgehead atoms. The van der Waals surface area contributed by atoms with E-state index < -0.39 is 0 Å². The summed E-state index contributed by atoms with van der Waals surface area (Å²) in [6.45, 7) is 3.20. The molecule has 118 valence electrons. The molecule has 5 nitrogen and oxygen atoms in total. The molecule has 0 aliphatic carbocycles. The zero-order valence-electron chi connectivity index (χ0n) is 13.0. The number of nitrogens with two attached hydrogens (primary N) is 1. The van der Waals surface area contributed by atoms with E-state index in [-0.39, 0.29) is 5.71 Å². The summed E-state index contributed by atoms with van der Waals surface area (Å²) in [4.78, 5) is 17.6. The molecule has 0 atom stereocenters. The van der Waals surface area contributed by atoms with Crippen LogP contribution < -0.4 is 5.73 Å². The van der Waals surface area contributed by atoms with Crippen molar-refractivity contribution in [2.45, 2.75) is 19.4 Å². The van der Waals surface area contributed by atoms with E-state index >= 15 is 0 Å². The van der Waals surface area contributed by atoms with Gasteiger partial charge in [-0.25, -0.2) is 0 Å². The fourth-order valence-corrected chi connectivity index (χ4v) is 2.96. The zero-order chi connectivity index (χ0) is 16.2. The highest BCUT2D eigenvalue weighted by Crippen LogP contribution is 2.25. The normalized spacial score (nSPS) is 14.8. The van der Waals surface area contributed by atoms with Gasteiger partial charge in [0.25, 0.3) is 0 Å². The smallest absolute Gasteiger partial charge is 0.168 e. The van der Waals surface area contributed by atoms with Gasteiger partial charge in [0.1, 0.15) is 5.71 Å². The van der Waals surface area contributed by atoms with Crippen molar-refractivity contribution < 1.29 is 4.79 Å². The molecule has 0 amide bonds. The Bertz CT molecular complexity index is 736. The van der Waals surface area contributed by atoms with Crippen LogP contribution in [0.4, 0.5) is 5.69 Å². The van der Waals surface area contributed by atoms with Crippen LogP contribution in [0.15, 0.2) is 36.7 Å². The fourth-order valence-electron chi connectivity index (χ4n) is 2.96. The lowest BCUT2D eigenvalue weighted by molar-refractivity contribution is -0.102. The molecule has 2 heterocycles. The molecule has 3 N–H and O–H groups in total. The van der Waals surface area contributed by atoms with E-state index in [9.17, 15) is 4.79 Å². The molecule has 0 unspecified atom stereocenters. The lowest BCUT2D eigenvalue weighted by Crippen LogP contribution is -2.18. The largest absolute Gasteiger partial charge is 0.398 e. The van der Waals surface area contributed by atoms with Gasteiger partial charge in [-0.1, -0.05) is 6.07 Å². The van der Waals surface area contributed by atoms with Gasteiger partial charge in [-0.3, -0.25) is 20.1 Å². The van der Waals surface area contributed by atoms with Crippen LogP contribution in [-0.4, -0.2) is 35.0 Å². The van der Waals surface area contributed by atoms with Crippen LogP contribution in [0.5, 0.6) is 0 Å². The third-order valence-electron chi connectivity index (χ3n) is 4.19. The summed E-state index contributed by atoms with van der Waals surface area (Å²) < 4.78 is 0. The number of hydrogen-bond acceptors (Lipinski definition) is 5. The molecule has 0 saturated carbocycles. The number of likely N-dealkylation sites (tertiary alicyclic amines) is 1. The van der Waals surface area contributed by atoms with Gasteiger partial charge < -0.3 is 5.73 Å². The highest BCUT2D eigenvalue weighted by Gasteiger charge is 2.13. The average Bonchev–Trinajstić information content (AvgIpc) is 3.08. The second-order valence-corrected chi connectivity index (χ2v) is 5.90. The number of aldehydes is 1. The molecule has 5 heteroatoms. The van der Waals surface area contributed by atoms with Gasteiger partial charge in [0.15, 0.2) is 6.29 Å². The Kier molecular flexibility index (Phi) is 4.48. The number of pyridine rings is 1. The minimum Gasteiger partial charge on any atom is -0.398 e. The topological polar surface area (TPSA) is 83.1 Å². The molecule has 0 radical (unpaired) electrons. The number of nitrogen functional groups attached to an aromatic ring is 1. The number of nitrogens with zero attached hydrogens (tertiary/aromatic N) is 2. The van der Waals surface area contributed by atoms with Gasteiger partial charge in [0.05, 0.1) is 0 Å². The predicted octanol–water partition coefficient (Wildman–Crippen LogP) is 2.49. The first-order chi connectivity index (χ1) is 11.2. The number of hydrogen-bond donors (Lipinski definition) is 2. The summed E-state index contributed by atoms with van der Waals surface area (Å²) in [5, 5.41) is 7.70. The van der Waals surface area contributed by atoms with Gasteiger partial charge in [0, 0.05) is 35.8 Å². The quantitative estimate of drug-likeness (QED) is 0.505. The standard InChI is InChI=1S/C18H20N4O/c19-17-4-3-14(8-16(17)18(20)12-23)15-7-13(9-21-10-15)11-22-5-1-2-6-22/h3-4,7-10,12,20H,1-2,5-6,11,19H2. The molecule has 1 aliphatic rings. The Morgan fingerprint density at radius 2 is 2.00 bits per heavy atom. The maximum atomic E-state index is 10.9.